The Morgan fingerprint density at radius 1 is 1.41 bits per heavy atom. The van der Waals surface area contributed by atoms with E-state index in [0.717, 1.165) is 19.5 Å². The van der Waals surface area contributed by atoms with Crippen LogP contribution in [0.2, 0.25) is 0 Å². The molecule has 0 bridgehead atoms. The van der Waals surface area contributed by atoms with Crippen LogP contribution in [0, 0.1) is 0 Å². The first kappa shape index (κ1) is 10.5. The number of benzene rings is 1. The van der Waals surface area contributed by atoms with Crippen molar-refractivity contribution in [2.24, 2.45) is 0 Å². The van der Waals surface area contributed by atoms with E-state index in [-0.39, 0.29) is 1.43 Å². The lowest BCUT2D eigenvalue weighted by Gasteiger charge is -2.32. The molecule has 0 radical (unpaired) electrons. The summed E-state index contributed by atoms with van der Waals surface area (Å²) in [4.78, 5) is 10.2. The quantitative estimate of drug-likeness (QED) is 0.858. The maximum atomic E-state index is 4.43. The minimum absolute atomic E-state index is 0. The molecule has 1 aliphatic heterocycles. The van der Waals surface area contributed by atoms with Crippen LogP contribution in [0.15, 0.2) is 36.7 Å². The summed E-state index contributed by atoms with van der Waals surface area (Å²) in [5, 5.41) is 0. The number of imidazole rings is 1. The third-order valence-electron chi connectivity index (χ3n) is 3.57. The summed E-state index contributed by atoms with van der Waals surface area (Å²) < 4.78 is 0. The van der Waals surface area contributed by atoms with Crippen LogP contribution in [0.25, 0.3) is 0 Å². The van der Waals surface area contributed by atoms with Gasteiger partial charge >= 0.3 is 0 Å². The predicted octanol–water partition coefficient (Wildman–Crippen LogP) is 2.78. The minimum atomic E-state index is 0. The summed E-state index contributed by atoms with van der Waals surface area (Å²) in [7, 11) is 0. The van der Waals surface area contributed by atoms with Crippen LogP contribution in [0.3, 0.4) is 0 Å². The van der Waals surface area contributed by atoms with E-state index < -0.39 is 0 Å². The van der Waals surface area contributed by atoms with Crippen molar-refractivity contribution in [3.63, 3.8) is 0 Å². The number of hydrogen-bond acceptors (Lipinski definition) is 2. The molecule has 0 saturated carbocycles. The average Bonchev–Trinajstić information content (AvgIpc) is 2.83. The summed E-state index contributed by atoms with van der Waals surface area (Å²) >= 11 is 0. The standard InChI is InChI=1S/C14H17N3.H2/c1-11-14-13(15-10-16-14)7-8-17(11)9-12-5-3-2-4-6-12;/h2-6,10-11H,7-9H2,1H3,(H,15,16);1H. The molecule has 1 aromatic carbocycles. The molecule has 0 spiro atoms. The molecule has 0 fully saturated rings. The molecule has 2 aromatic rings. The predicted molar refractivity (Wildman–Crippen MR) is 69.7 cm³/mol. The fourth-order valence-electron chi connectivity index (χ4n) is 2.55. The summed E-state index contributed by atoms with van der Waals surface area (Å²) in [6.45, 7) is 4.35. The minimum Gasteiger partial charge on any atom is -0.348 e. The number of nitrogens with one attached hydrogen (secondary N) is 1. The zero-order chi connectivity index (χ0) is 11.7. The van der Waals surface area contributed by atoms with Gasteiger partial charge in [-0.15, -0.1) is 0 Å². The number of aromatic amines is 1. The lowest BCUT2D eigenvalue weighted by Crippen LogP contribution is -2.33. The lowest BCUT2D eigenvalue weighted by molar-refractivity contribution is 0.185. The van der Waals surface area contributed by atoms with Crippen molar-refractivity contribution in [2.75, 3.05) is 6.54 Å². The molecular formula is C14H19N3. The van der Waals surface area contributed by atoms with Gasteiger partial charge in [-0.3, -0.25) is 4.90 Å². The van der Waals surface area contributed by atoms with E-state index in [1.54, 1.807) is 0 Å². The van der Waals surface area contributed by atoms with E-state index in [1.165, 1.54) is 17.0 Å². The van der Waals surface area contributed by atoms with Gasteiger partial charge in [0.1, 0.15) is 0 Å². The molecule has 1 aromatic heterocycles. The van der Waals surface area contributed by atoms with Gasteiger partial charge in [0.2, 0.25) is 0 Å². The average molecular weight is 229 g/mol. The molecular weight excluding hydrogens is 210 g/mol. The number of nitrogens with zero attached hydrogens (tertiary/aromatic N) is 2. The fourth-order valence-corrected chi connectivity index (χ4v) is 2.55. The Labute approximate surface area is 103 Å². The van der Waals surface area contributed by atoms with Crippen molar-refractivity contribution in [2.45, 2.75) is 25.9 Å². The Kier molecular flexibility index (Phi) is 2.69. The van der Waals surface area contributed by atoms with Crippen molar-refractivity contribution in [1.29, 1.82) is 0 Å². The van der Waals surface area contributed by atoms with Crippen molar-refractivity contribution in [1.82, 2.24) is 14.9 Å². The van der Waals surface area contributed by atoms with Gasteiger partial charge in [0.15, 0.2) is 0 Å². The fraction of sp³-hybridized carbons (Fsp3) is 0.357. The molecule has 1 unspecified atom stereocenters. The molecule has 1 aliphatic rings. The highest BCUT2D eigenvalue weighted by molar-refractivity contribution is 5.20. The molecule has 1 atom stereocenters. The van der Waals surface area contributed by atoms with Crippen LogP contribution in [-0.2, 0) is 13.0 Å². The maximum absolute atomic E-state index is 4.43. The zero-order valence-electron chi connectivity index (χ0n) is 10.1. The molecule has 3 heteroatoms. The molecule has 3 rings (SSSR count). The number of rotatable bonds is 2. The summed E-state index contributed by atoms with van der Waals surface area (Å²) in [6.07, 6.45) is 2.89. The van der Waals surface area contributed by atoms with E-state index in [1.807, 2.05) is 6.33 Å². The lowest BCUT2D eigenvalue weighted by atomic mass is 10.0. The van der Waals surface area contributed by atoms with E-state index in [2.05, 4.69) is 52.1 Å². The van der Waals surface area contributed by atoms with Crippen LogP contribution in [0.5, 0.6) is 0 Å². The molecule has 0 amide bonds. The van der Waals surface area contributed by atoms with Gasteiger partial charge in [-0.1, -0.05) is 30.3 Å². The first-order valence-corrected chi connectivity index (χ1v) is 6.14. The van der Waals surface area contributed by atoms with Crippen LogP contribution in [-0.4, -0.2) is 21.4 Å². The Balaban J connectivity index is 0.00000120. The number of hydrogen-bond donors (Lipinski definition) is 1. The molecule has 17 heavy (non-hydrogen) atoms. The van der Waals surface area contributed by atoms with Crippen LogP contribution >= 0.6 is 0 Å². The van der Waals surface area contributed by atoms with Gasteiger partial charge in [-0.25, -0.2) is 4.98 Å². The van der Waals surface area contributed by atoms with Crippen LogP contribution in [0.1, 0.15) is 31.3 Å². The SMILES string of the molecule is CC1c2nc[nH]c2CCN1Cc1ccccc1.[HH]. The third kappa shape index (κ3) is 1.98. The van der Waals surface area contributed by atoms with Crippen molar-refractivity contribution >= 4 is 0 Å². The summed E-state index contributed by atoms with van der Waals surface area (Å²) in [5.74, 6) is 0. The van der Waals surface area contributed by atoms with Gasteiger partial charge < -0.3 is 4.98 Å². The van der Waals surface area contributed by atoms with E-state index in [4.69, 9.17) is 0 Å². The van der Waals surface area contributed by atoms with Gasteiger partial charge in [-0.2, -0.15) is 0 Å². The zero-order valence-corrected chi connectivity index (χ0v) is 10.1. The number of aromatic nitrogens is 2. The third-order valence-corrected chi connectivity index (χ3v) is 3.57. The van der Waals surface area contributed by atoms with Gasteiger partial charge in [0.05, 0.1) is 18.1 Å². The van der Waals surface area contributed by atoms with Gasteiger partial charge in [0, 0.05) is 26.6 Å². The van der Waals surface area contributed by atoms with Crippen LogP contribution in [0.4, 0.5) is 0 Å². The smallest absolute Gasteiger partial charge is 0.0925 e. The van der Waals surface area contributed by atoms with Crippen molar-refractivity contribution in [3.05, 3.63) is 53.6 Å². The maximum Gasteiger partial charge on any atom is 0.0925 e. The molecule has 3 nitrogen and oxygen atoms in total. The van der Waals surface area contributed by atoms with E-state index >= 15 is 0 Å². The van der Waals surface area contributed by atoms with E-state index in [9.17, 15) is 0 Å². The Bertz CT molecular complexity index is 495. The first-order valence-electron chi connectivity index (χ1n) is 6.14. The van der Waals surface area contributed by atoms with Gasteiger partial charge in [0.25, 0.3) is 0 Å². The van der Waals surface area contributed by atoms with Crippen molar-refractivity contribution in [3.8, 4) is 0 Å². The highest BCUT2D eigenvalue weighted by Crippen LogP contribution is 2.27. The second kappa shape index (κ2) is 4.34. The normalized spacial score (nSPS) is 20.2. The topological polar surface area (TPSA) is 31.9 Å². The number of fused-ring (bicyclic) bond motifs is 1. The number of H-pyrrole nitrogens is 1. The van der Waals surface area contributed by atoms with Gasteiger partial charge in [-0.05, 0) is 12.5 Å². The Morgan fingerprint density at radius 3 is 3.06 bits per heavy atom. The largest absolute Gasteiger partial charge is 0.348 e. The molecule has 0 saturated heterocycles. The monoisotopic (exact) mass is 229 g/mol. The van der Waals surface area contributed by atoms with E-state index in [0.29, 0.717) is 6.04 Å². The molecule has 90 valence electrons. The summed E-state index contributed by atoms with van der Waals surface area (Å²) in [5.41, 5.74) is 3.90. The Hall–Kier alpha value is -1.61. The Morgan fingerprint density at radius 2 is 2.24 bits per heavy atom. The highest BCUT2D eigenvalue weighted by atomic mass is 15.2. The summed E-state index contributed by atoms with van der Waals surface area (Å²) in [6, 6.07) is 11.0. The second-order valence-corrected chi connectivity index (χ2v) is 4.65. The first-order chi connectivity index (χ1) is 8.34. The van der Waals surface area contributed by atoms with Crippen LogP contribution < -0.4 is 0 Å². The van der Waals surface area contributed by atoms with Crippen molar-refractivity contribution < 1.29 is 1.43 Å². The molecule has 1 N–H and O–H groups in total. The second-order valence-electron chi connectivity index (χ2n) is 4.65. The molecule has 0 aliphatic carbocycles. The molecule has 2 heterocycles. The highest BCUT2D eigenvalue weighted by Gasteiger charge is 2.25.